The Morgan fingerprint density at radius 2 is 2.07 bits per heavy atom. The van der Waals surface area contributed by atoms with Crippen LogP contribution in [0.1, 0.15) is 28.3 Å². The Kier molecular flexibility index (Phi) is 7.55. The smallest absolute Gasteiger partial charge is 0.273 e. The first-order chi connectivity index (χ1) is 12.5. The van der Waals surface area contributed by atoms with Gasteiger partial charge in [-0.15, -0.1) is 23.7 Å². The van der Waals surface area contributed by atoms with Crippen molar-refractivity contribution in [1.82, 2.24) is 9.88 Å². The Hall–Kier alpha value is -1.74. The van der Waals surface area contributed by atoms with Gasteiger partial charge in [0.1, 0.15) is 16.5 Å². The van der Waals surface area contributed by atoms with Crippen molar-refractivity contribution in [2.45, 2.75) is 19.4 Å². The van der Waals surface area contributed by atoms with Crippen LogP contribution in [0, 0.1) is 11.7 Å². The summed E-state index contributed by atoms with van der Waals surface area (Å²) in [6.07, 6.45) is 1.11. The van der Waals surface area contributed by atoms with Crippen LogP contribution in [-0.2, 0) is 11.3 Å². The van der Waals surface area contributed by atoms with Crippen molar-refractivity contribution in [3.63, 3.8) is 0 Å². The van der Waals surface area contributed by atoms with Gasteiger partial charge in [0, 0.05) is 36.6 Å². The molecule has 0 atom stereocenters. The lowest BCUT2D eigenvalue weighted by molar-refractivity contribution is -0.121. The summed E-state index contributed by atoms with van der Waals surface area (Å²) in [7, 11) is 0. The first-order valence-electron chi connectivity index (χ1n) is 8.17. The highest BCUT2D eigenvalue weighted by molar-refractivity contribution is 7.09. The number of hydrogen-bond acceptors (Lipinski definition) is 5. The second kappa shape index (κ2) is 9.45. The molecular weight excluding hydrogens is 414 g/mol. The van der Waals surface area contributed by atoms with Gasteiger partial charge < -0.3 is 16.0 Å². The van der Waals surface area contributed by atoms with Gasteiger partial charge in [-0.05, 0) is 31.0 Å². The number of likely N-dealkylation sites (tertiary alicyclic amines) is 1. The van der Waals surface area contributed by atoms with Gasteiger partial charge in [0.15, 0.2) is 0 Å². The molecule has 0 saturated carbocycles. The number of anilines is 1. The van der Waals surface area contributed by atoms with Crippen LogP contribution in [0.15, 0.2) is 23.6 Å². The van der Waals surface area contributed by atoms with Crippen LogP contribution < -0.4 is 11.1 Å². The van der Waals surface area contributed by atoms with E-state index in [0.29, 0.717) is 43.9 Å². The molecule has 1 aliphatic heterocycles. The van der Waals surface area contributed by atoms with E-state index in [0.717, 1.165) is 5.01 Å². The number of rotatable bonds is 4. The molecule has 10 heteroatoms. The number of amides is 2. The Morgan fingerprint density at radius 1 is 1.37 bits per heavy atom. The number of nitrogens with zero attached hydrogens (tertiary/aromatic N) is 2. The zero-order valence-corrected chi connectivity index (χ0v) is 16.7. The fraction of sp³-hybridized carbons (Fsp3) is 0.353. The summed E-state index contributed by atoms with van der Waals surface area (Å²) in [5, 5.41) is 5.14. The maximum atomic E-state index is 13.2. The van der Waals surface area contributed by atoms with Crippen molar-refractivity contribution in [2.75, 3.05) is 18.4 Å². The molecule has 0 aliphatic carbocycles. The molecule has 146 valence electrons. The van der Waals surface area contributed by atoms with E-state index in [2.05, 4.69) is 10.3 Å². The van der Waals surface area contributed by atoms with Crippen molar-refractivity contribution in [3.8, 4) is 0 Å². The summed E-state index contributed by atoms with van der Waals surface area (Å²) in [6, 6.07) is 4.06. The maximum Gasteiger partial charge on any atom is 0.273 e. The van der Waals surface area contributed by atoms with E-state index in [4.69, 9.17) is 17.3 Å². The summed E-state index contributed by atoms with van der Waals surface area (Å²) in [6.45, 7) is 1.28. The molecule has 0 radical (unpaired) electrons. The third kappa shape index (κ3) is 5.16. The number of carbonyl (C=O) groups is 2. The number of carbonyl (C=O) groups excluding carboxylic acids is 2. The predicted octanol–water partition coefficient (Wildman–Crippen LogP) is 3.31. The molecule has 3 rings (SSSR count). The minimum atomic E-state index is -0.531. The quantitative estimate of drug-likeness (QED) is 0.775. The van der Waals surface area contributed by atoms with Crippen molar-refractivity contribution >= 4 is 52.8 Å². The number of benzene rings is 1. The van der Waals surface area contributed by atoms with Gasteiger partial charge in [-0.1, -0.05) is 11.6 Å². The fourth-order valence-electron chi connectivity index (χ4n) is 2.83. The number of aromatic nitrogens is 1. The largest absolute Gasteiger partial charge is 0.337 e. The van der Waals surface area contributed by atoms with Crippen LogP contribution in [-0.4, -0.2) is 34.8 Å². The minimum absolute atomic E-state index is 0. The standard InChI is InChI=1S/C17H18ClFN4O2S.ClH/c18-12-7-11(1-2-13(12)19)21-16(24)10-3-5-23(6-4-10)17(25)14-9-26-15(8-20)22-14;/h1-2,7,9-10H,3-6,8,20H2,(H,21,24);1H. The number of nitrogens with one attached hydrogen (secondary N) is 1. The zero-order valence-electron chi connectivity index (χ0n) is 14.3. The highest BCUT2D eigenvalue weighted by Crippen LogP contribution is 2.23. The molecule has 27 heavy (non-hydrogen) atoms. The number of thiazole rings is 1. The third-order valence-electron chi connectivity index (χ3n) is 4.29. The summed E-state index contributed by atoms with van der Waals surface area (Å²) < 4.78 is 13.2. The third-order valence-corrected chi connectivity index (χ3v) is 5.45. The minimum Gasteiger partial charge on any atom is -0.337 e. The van der Waals surface area contributed by atoms with Crippen LogP contribution in [0.2, 0.25) is 5.02 Å². The van der Waals surface area contributed by atoms with Crippen LogP contribution in [0.4, 0.5) is 10.1 Å². The van der Waals surface area contributed by atoms with Gasteiger partial charge in [0.25, 0.3) is 5.91 Å². The average molecular weight is 433 g/mol. The van der Waals surface area contributed by atoms with Crippen LogP contribution in [0.5, 0.6) is 0 Å². The van der Waals surface area contributed by atoms with E-state index < -0.39 is 5.82 Å². The molecule has 1 aromatic carbocycles. The molecule has 2 aromatic rings. The molecule has 1 saturated heterocycles. The Bertz CT molecular complexity index is 825. The van der Waals surface area contributed by atoms with Gasteiger partial charge >= 0.3 is 0 Å². The Balaban J connectivity index is 0.00000261. The lowest BCUT2D eigenvalue weighted by atomic mass is 9.95. The first kappa shape index (κ1) is 21.6. The molecule has 0 bridgehead atoms. The van der Waals surface area contributed by atoms with E-state index in [-0.39, 0.29) is 35.2 Å². The second-order valence-corrected chi connectivity index (χ2v) is 7.37. The predicted molar refractivity (Wildman–Crippen MR) is 106 cm³/mol. The van der Waals surface area contributed by atoms with E-state index >= 15 is 0 Å². The lowest BCUT2D eigenvalue weighted by Crippen LogP contribution is -2.41. The molecule has 1 aromatic heterocycles. The fourth-order valence-corrected chi connectivity index (χ4v) is 3.66. The van der Waals surface area contributed by atoms with Crippen LogP contribution in [0.25, 0.3) is 0 Å². The molecule has 2 amide bonds. The zero-order chi connectivity index (χ0) is 18.7. The topological polar surface area (TPSA) is 88.3 Å². The molecule has 1 aliphatic rings. The SMILES string of the molecule is Cl.NCc1nc(C(=O)N2CCC(C(=O)Nc3ccc(F)c(Cl)c3)CC2)cs1. The molecule has 3 N–H and O–H groups in total. The summed E-state index contributed by atoms with van der Waals surface area (Å²) in [4.78, 5) is 30.7. The van der Waals surface area contributed by atoms with Gasteiger partial charge in [-0.25, -0.2) is 9.37 Å². The summed E-state index contributed by atoms with van der Waals surface area (Å²) in [5.74, 6) is -1.03. The van der Waals surface area contributed by atoms with Crippen molar-refractivity contribution in [1.29, 1.82) is 0 Å². The van der Waals surface area contributed by atoms with E-state index in [1.54, 1.807) is 10.3 Å². The normalized spacial score (nSPS) is 14.6. The van der Waals surface area contributed by atoms with Crippen LogP contribution in [0.3, 0.4) is 0 Å². The van der Waals surface area contributed by atoms with Crippen molar-refractivity contribution < 1.29 is 14.0 Å². The van der Waals surface area contributed by atoms with Crippen molar-refractivity contribution in [3.05, 3.63) is 45.1 Å². The number of piperidine rings is 1. The van der Waals surface area contributed by atoms with E-state index in [9.17, 15) is 14.0 Å². The number of halogens is 3. The Labute approximate surface area is 171 Å². The molecular formula is C17H19Cl2FN4O2S. The van der Waals surface area contributed by atoms with Gasteiger partial charge in [0.2, 0.25) is 5.91 Å². The molecule has 1 fully saturated rings. The maximum absolute atomic E-state index is 13.2. The highest BCUT2D eigenvalue weighted by atomic mass is 35.5. The molecule has 0 spiro atoms. The molecule has 0 unspecified atom stereocenters. The number of nitrogens with two attached hydrogens (primary N) is 1. The highest BCUT2D eigenvalue weighted by Gasteiger charge is 2.28. The molecule has 2 heterocycles. The first-order valence-corrected chi connectivity index (χ1v) is 9.43. The second-order valence-electron chi connectivity index (χ2n) is 6.02. The van der Waals surface area contributed by atoms with Crippen molar-refractivity contribution in [2.24, 2.45) is 11.7 Å². The average Bonchev–Trinajstić information content (AvgIpc) is 3.13. The van der Waals surface area contributed by atoms with Gasteiger partial charge in [-0.2, -0.15) is 0 Å². The van der Waals surface area contributed by atoms with E-state index in [1.807, 2.05) is 0 Å². The van der Waals surface area contributed by atoms with E-state index in [1.165, 1.54) is 29.5 Å². The summed E-state index contributed by atoms with van der Waals surface area (Å²) >= 11 is 7.09. The Morgan fingerprint density at radius 3 is 2.67 bits per heavy atom. The lowest BCUT2D eigenvalue weighted by Gasteiger charge is -2.30. The van der Waals surface area contributed by atoms with Gasteiger partial charge in [-0.3, -0.25) is 9.59 Å². The van der Waals surface area contributed by atoms with Gasteiger partial charge in [0.05, 0.1) is 5.02 Å². The van der Waals surface area contributed by atoms with Crippen LogP contribution >= 0.6 is 35.3 Å². The number of hydrogen-bond donors (Lipinski definition) is 2. The molecule has 6 nitrogen and oxygen atoms in total. The monoisotopic (exact) mass is 432 g/mol. The summed E-state index contributed by atoms with van der Waals surface area (Å²) in [5.41, 5.74) is 6.38.